The second-order valence-corrected chi connectivity index (χ2v) is 3.77. The van der Waals surface area contributed by atoms with E-state index in [1.165, 1.54) is 0 Å². The minimum absolute atomic E-state index is 0.223. The van der Waals surface area contributed by atoms with Crippen LogP contribution < -0.4 is 0 Å². The number of hydrogen-bond donors (Lipinski definition) is 1. The largest absolute Gasteiger partial charge is 0.508 e. The Balaban J connectivity index is 2.80. The van der Waals surface area contributed by atoms with E-state index < -0.39 is 0 Å². The van der Waals surface area contributed by atoms with E-state index in [2.05, 4.69) is 0 Å². The molecule has 0 fully saturated rings. The summed E-state index contributed by atoms with van der Waals surface area (Å²) in [6.07, 6.45) is 0.718. The van der Waals surface area contributed by atoms with Crippen molar-refractivity contribution in [2.45, 2.75) is 25.9 Å². The van der Waals surface area contributed by atoms with E-state index in [1.54, 1.807) is 13.2 Å². The molecule has 0 saturated carbocycles. The molecule has 0 amide bonds. The minimum atomic E-state index is -0.223. The number of methoxy groups -OCH3 is 1. The zero-order valence-electron chi connectivity index (χ0n) is 8.37. The van der Waals surface area contributed by atoms with Gasteiger partial charge in [0.05, 0.1) is 5.60 Å². The lowest BCUT2D eigenvalue weighted by Crippen LogP contribution is -2.25. The highest BCUT2D eigenvalue weighted by Crippen LogP contribution is 2.22. The van der Waals surface area contributed by atoms with Gasteiger partial charge in [0.25, 0.3) is 0 Å². The number of phenols is 1. The number of rotatable bonds is 3. The molecule has 0 aliphatic heterocycles. The van der Waals surface area contributed by atoms with Gasteiger partial charge in [0.15, 0.2) is 0 Å². The normalized spacial score (nSPS) is 11.6. The van der Waals surface area contributed by atoms with Crippen LogP contribution in [0.2, 0.25) is 0 Å². The van der Waals surface area contributed by atoms with E-state index in [-0.39, 0.29) is 5.60 Å². The molecule has 1 N–H and O–H groups in total. The Bertz CT molecular complexity index is 279. The first kappa shape index (κ1) is 10.1. The summed E-state index contributed by atoms with van der Waals surface area (Å²) in [7, 11) is 1.68. The van der Waals surface area contributed by atoms with Gasteiger partial charge in [-0.25, -0.2) is 0 Å². The fourth-order valence-electron chi connectivity index (χ4n) is 1.19. The van der Waals surface area contributed by atoms with Gasteiger partial charge in [-0.2, -0.15) is 0 Å². The summed E-state index contributed by atoms with van der Waals surface area (Å²) in [5, 5.41) is 9.51. The van der Waals surface area contributed by atoms with Gasteiger partial charge in [-0.15, -0.1) is 0 Å². The molecule has 2 nitrogen and oxygen atoms in total. The molecule has 0 aliphatic carbocycles. The maximum atomic E-state index is 9.51. The third kappa shape index (κ3) is 2.74. The van der Waals surface area contributed by atoms with Crippen LogP contribution in [0.4, 0.5) is 0 Å². The number of hydrogen-bond acceptors (Lipinski definition) is 2. The van der Waals surface area contributed by atoms with Crippen molar-refractivity contribution in [3.05, 3.63) is 29.8 Å². The van der Waals surface area contributed by atoms with Gasteiger partial charge in [0.2, 0.25) is 0 Å². The van der Waals surface area contributed by atoms with E-state index in [1.807, 2.05) is 32.0 Å². The maximum absolute atomic E-state index is 9.51. The van der Waals surface area contributed by atoms with Gasteiger partial charge in [-0.05, 0) is 25.5 Å². The highest BCUT2D eigenvalue weighted by atomic mass is 16.5. The van der Waals surface area contributed by atoms with Crippen LogP contribution in [0.3, 0.4) is 0 Å². The van der Waals surface area contributed by atoms with Crippen LogP contribution in [-0.4, -0.2) is 17.8 Å². The fourth-order valence-corrected chi connectivity index (χ4v) is 1.19. The predicted molar refractivity (Wildman–Crippen MR) is 52.9 cm³/mol. The number of phenolic OH excluding ortho intramolecular Hbond substituents is 1. The topological polar surface area (TPSA) is 29.5 Å². The molecule has 0 spiro atoms. The number of ether oxygens (including phenoxy) is 1. The van der Waals surface area contributed by atoms with Crippen LogP contribution >= 0.6 is 0 Å². The first-order valence-electron chi connectivity index (χ1n) is 4.37. The van der Waals surface area contributed by atoms with Crippen LogP contribution in [-0.2, 0) is 11.2 Å². The Morgan fingerprint density at radius 1 is 1.31 bits per heavy atom. The summed E-state index contributed by atoms with van der Waals surface area (Å²) >= 11 is 0. The highest BCUT2D eigenvalue weighted by molar-refractivity contribution is 5.32. The van der Waals surface area contributed by atoms with E-state index in [0.29, 0.717) is 5.75 Å². The lowest BCUT2D eigenvalue weighted by atomic mass is 9.98. The first-order valence-corrected chi connectivity index (χ1v) is 4.37. The van der Waals surface area contributed by atoms with Crippen molar-refractivity contribution >= 4 is 0 Å². The van der Waals surface area contributed by atoms with Gasteiger partial charge in [0, 0.05) is 13.5 Å². The Morgan fingerprint density at radius 2 is 1.92 bits per heavy atom. The smallest absolute Gasteiger partial charge is 0.118 e. The highest BCUT2D eigenvalue weighted by Gasteiger charge is 2.18. The van der Waals surface area contributed by atoms with Crippen LogP contribution in [0.25, 0.3) is 0 Å². The van der Waals surface area contributed by atoms with E-state index in [4.69, 9.17) is 4.74 Å². The lowest BCUT2D eigenvalue weighted by molar-refractivity contribution is 0.0227. The molecule has 1 rings (SSSR count). The molecule has 72 valence electrons. The third-order valence-corrected chi connectivity index (χ3v) is 2.16. The summed E-state index contributed by atoms with van der Waals surface area (Å²) < 4.78 is 5.29. The van der Waals surface area contributed by atoms with Gasteiger partial charge in [-0.1, -0.05) is 18.2 Å². The quantitative estimate of drug-likeness (QED) is 0.773. The standard InChI is InChI=1S/C11H16O2/c1-11(2,13-3)8-9-6-4-5-7-10(9)12/h4-7,12H,8H2,1-3H3. The van der Waals surface area contributed by atoms with Crippen molar-refractivity contribution in [3.8, 4) is 5.75 Å². The summed E-state index contributed by atoms with van der Waals surface area (Å²) in [5.41, 5.74) is 0.702. The molecule has 1 aromatic carbocycles. The van der Waals surface area contributed by atoms with E-state index in [0.717, 1.165) is 12.0 Å². The molecule has 0 unspecified atom stereocenters. The Hall–Kier alpha value is -1.02. The fraction of sp³-hybridized carbons (Fsp3) is 0.455. The Labute approximate surface area is 79.2 Å². The third-order valence-electron chi connectivity index (χ3n) is 2.16. The second-order valence-electron chi connectivity index (χ2n) is 3.77. The molecule has 0 heterocycles. The number of benzene rings is 1. The average molecular weight is 180 g/mol. The van der Waals surface area contributed by atoms with Crippen molar-refractivity contribution in [2.24, 2.45) is 0 Å². The van der Waals surface area contributed by atoms with E-state index in [9.17, 15) is 5.11 Å². The molecule has 13 heavy (non-hydrogen) atoms. The predicted octanol–water partition coefficient (Wildman–Crippen LogP) is 2.36. The first-order chi connectivity index (χ1) is 6.05. The van der Waals surface area contributed by atoms with Crippen LogP contribution in [0, 0.1) is 0 Å². The molecular weight excluding hydrogens is 164 g/mol. The lowest BCUT2D eigenvalue weighted by Gasteiger charge is -2.23. The van der Waals surface area contributed by atoms with Gasteiger partial charge in [0.1, 0.15) is 5.75 Å². The molecule has 0 aromatic heterocycles. The maximum Gasteiger partial charge on any atom is 0.118 e. The van der Waals surface area contributed by atoms with E-state index >= 15 is 0 Å². The van der Waals surface area contributed by atoms with Crippen molar-refractivity contribution in [2.75, 3.05) is 7.11 Å². The van der Waals surface area contributed by atoms with Crippen molar-refractivity contribution < 1.29 is 9.84 Å². The molecule has 0 saturated heterocycles. The monoisotopic (exact) mass is 180 g/mol. The summed E-state index contributed by atoms with van der Waals surface area (Å²) in [5.74, 6) is 0.340. The Morgan fingerprint density at radius 3 is 2.46 bits per heavy atom. The van der Waals surface area contributed by atoms with Gasteiger partial charge in [-0.3, -0.25) is 0 Å². The molecule has 0 bridgehead atoms. The average Bonchev–Trinajstić information content (AvgIpc) is 2.09. The van der Waals surface area contributed by atoms with Gasteiger partial charge >= 0.3 is 0 Å². The number of aromatic hydroxyl groups is 1. The molecule has 0 aliphatic rings. The van der Waals surface area contributed by atoms with Gasteiger partial charge < -0.3 is 9.84 Å². The van der Waals surface area contributed by atoms with Crippen LogP contribution in [0.15, 0.2) is 24.3 Å². The molecule has 1 aromatic rings. The zero-order valence-corrected chi connectivity index (χ0v) is 8.37. The molecule has 0 radical (unpaired) electrons. The van der Waals surface area contributed by atoms with Crippen LogP contribution in [0.5, 0.6) is 5.75 Å². The summed E-state index contributed by atoms with van der Waals surface area (Å²) in [4.78, 5) is 0. The molecule has 0 atom stereocenters. The SMILES string of the molecule is COC(C)(C)Cc1ccccc1O. The van der Waals surface area contributed by atoms with Crippen molar-refractivity contribution in [1.29, 1.82) is 0 Å². The molecular formula is C11H16O2. The summed E-state index contributed by atoms with van der Waals surface area (Å²) in [6, 6.07) is 7.34. The number of para-hydroxylation sites is 1. The zero-order chi connectivity index (χ0) is 9.90. The minimum Gasteiger partial charge on any atom is -0.508 e. The second kappa shape index (κ2) is 3.79. The van der Waals surface area contributed by atoms with Crippen molar-refractivity contribution in [1.82, 2.24) is 0 Å². The summed E-state index contributed by atoms with van der Waals surface area (Å²) in [6.45, 7) is 4.00. The molecule has 2 heteroatoms. The Kier molecular flexibility index (Phi) is 2.94. The van der Waals surface area contributed by atoms with Crippen molar-refractivity contribution in [3.63, 3.8) is 0 Å². The van der Waals surface area contributed by atoms with Crippen LogP contribution in [0.1, 0.15) is 19.4 Å².